The van der Waals surface area contributed by atoms with Crippen LogP contribution in [0.15, 0.2) is 30.9 Å². The standard InChI is InChI=1S/C12H15ClN2O/c1-3-5-8(2)15-12(16)11-9(13)6-4-7-10(11)14/h3-4,6-8H,1,5,14H2,2H3,(H,15,16). The first-order valence-corrected chi connectivity index (χ1v) is 5.39. The summed E-state index contributed by atoms with van der Waals surface area (Å²) < 4.78 is 0. The molecular formula is C12H15ClN2O. The molecule has 0 saturated carbocycles. The first kappa shape index (κ1) is 12.6. The van der Waals surface area contributed by atoms with Gasteiger partial charge in [-0.05, 0) is 25.5 Å². The number of amides is 1. The molecule has 1 rings (SSSR count). The largest absolute Gasteiger partial charge is 0.398 e. The van der Waals surface area contributed by atoms with Gasteiger partial charge in [-0.2, -0.15) is 0 Å². The number of nitrogens with one attached hydrogen (secondary N) is 1. The number of hydrogen-bond donors (Lipinski definition) is 2. The number of rotatable bonds is 4. The zero-order chi connectivity index (χ0) is 12.1. The summed E-state index contributed by atoms with van der Waals surface area (Å²) in [5.41, 5.74) is 6.42. The van der Waals surface area contributed by atoms with Crippen LogP contribution in [0.5, 0.6) is 0 Å². The number of nitrogens with two attached hydrogens (primary N) is 1. The fourth-order valence-electron chi connectivity index (χ4n) is 1.39. The number of benzene rings is 1. The highest BCUT2D eigenvalue weighted by Gasteiger charge is 2.15. The Morgan fingerprint density at radius 2 is 2.38 bits per heavy atom. The lowest BCUT2D eigenvalue weighted by atomic mass is 10.1. The highest BCUT2D eigenvalue weighted by atomic mass is 35.5. The third-order valence-corrected chi connectivity index (χ3v) is 2.49. The summed E-state index contributed by atoms with van der Waals surface area (Å²) >= 11 is 5.92. The minimum Gasteiger partial charge on any atom is -0.398 e. The highest BCUT2D eigenvalue weighted by molar-refractivity contribution is 6.34. The lowest BCUT2D eigenvalue weighted by molar-refractivity contribution is 0.0941. The van der Waals surface area contributed by atoms with E-state index in [1.807, 2.05) is 6.92 Å². The van der Waals surface area contributed by atoms with Crippen LogP contribution >= 0.6 is 11.6 Å². The van der Waals surface area contributed by atoms with Crippen molar-refractivity contribution in [3.63, 3.8) is 0 Å². The molecule has 1 unspecified atom stereocenters. The molecule has 16 heavy (non-hydrogen) atoms. The fourth-order valence-corrected chi connectivity index (χ4v) is 1.65. The van der Waals surface area contributed by atoms with Crippen molar-refractivity contribution in [1.82, 2.24) is 5.32 Å². The Kier molecular flexibility index (Phi) is 4.38. The summed E-state index contributed by atoms with van der Waals surface area (Å²) in [5.74, 6) is -0.252. The van der Waals surface area contributed by atoms with Gasteiger partial charge >= 0.3 is 0 Å². The first-order chi connectivity index (χ1) is 7.56. The Morgan fingerprint density at radius 3 is 2.94 bits per heavy atom. The minimum atomic E-state index is -0.252. The third kappa shape index (κ3) is 3.00. The van der Waals surface area contributed by atoms with Gasteiger partial charge in [0.1, 0.15) is 0 Å². The van der Waals surface area contributed by atoms with E-state index in [4.69, 9.17) is 17.3 Å². The molecular weight excluding hydrogens is 224 g/mol. The van der Waals surface area contributed by atoms with Gasteiger partial charge in [0.05, 0.1) is 10.6 Å². The van der Waals surface area contributed by atoms with E-state index < -0.39 is 0 Å². The summed E-state index contributed by atoms with van der Waals surface area (Å²) in [6.07, 6.45) is 2.46. The van der Waals surface area contributed by atoms with Crippen LogP contribution in [0.25, 0.3) is 0 Å². The second-order valence-corrected chi connectivity index (χ2v) is 4.01. The topological polar surface area (TPSA) is 55.1 Å². The number of anilines is 1. The van der Waals surface area contributed by atoms with E-state index in [1.54, 1.807) is 24.3 Å². The Morgan fingerprint density at radius 1 is 1.69 bits per heavy atom. The van der Waals surface area contributed by atoms with E-state index in [2.05, 4.69) is 11.9 Å². The Labute approximate surface area is 100 Å². The van der Waals surface area contributed by atoms with Crippen molar-refractivity contribution in [2.75, 3.05) is 5.73 Å². The highest BCUT2D eigenvalue weighted by Crippen LogP contribution is 2.21. The quantitative estimate of drug-likeness (QED) is 0.626. The van der Waals surface area contributed by atoms with Crippen LogP contribution in [-0.2, 0) is 0 Å². The van der Waals surface area contributed by atoms with Gasteiger partial charge in [-0.3, -0.25) is 4.79 Å². The third-order valence-electron chi connectivity index (χ3n) is 2.17. The van der Waals surface area contributed by atoms with Crippen molar-refractivity contribution in [2.24, 2.45) is 0 Å². The van der Waals surface area contributed by atoms with Gasteiger partial charge < -0.3 is 11.1 Å². The Balaban J connectivity index is 2.84. The molecule has 0 bridgehead atoms. The molecule has 1 aromatic carbocycles. The lowest BCUT2D eigenvalue weighted by Gasteiger charge is -2.13. The maximum absolute atomic E-state index is 11.9. The normalized spacial score (nSPS) is 11.9. The molecule has 1 aromatic rings. The predicted octanol–water partition coefficient (Wildman–Crippen LogP) is 2.62. The monoisotopic (exact) mass is 238 g/mol. The van der Waals surface area contributed by atoms with Crippen molar-refractivity contribution in [3.8, 4) is 0 Å². The number of nitrogen functional groups attached to an aromatic ring is 1. The van der Waals surface area contributed by atoms with Crippen molar-refractivity contribution in [1.29, 1.82) is 0 Å². The van der Waals surface area contributed by atoms with Gasteiger partial charge in [0, 0.05) is 11.7 Å². The summed E-state index contributed by atoms with van der Waals surface area (Å²) in [7, 11) is 0. The Hall–Kier alpha value is -1.48. The molecule has 3 nitrogen and oxygen atoms in total. The summed E-state index contributed by atoms with van der Waals surface area (Å²) in [5, 5.41) is 3.17. The molecule has 0 aliphatic heterocycles. The van der Waals surface area contributed by atoms with Gasteiger partial charge in [0.15, 0.2) is 0 Å². The van der Waals surface area contributed by atoms with Crippen LogP contribution < -0.4 is 11.1 Å². The zero-order valence-electron chi connectivity index (χ0n) is 9.16. The number of hydrogen-bond acceptors (Lipinski definition) is 2. The van der Waals surface area contributed by atoms with E-state index in [0.29, 0.717) is 22.7 Å². The molecule has 3 N–H and O–H groups in total. The zero-order valence-corrected chi connectivity index (χ0v) is 9.92. The van der Waals surface area contributed by atoms with Gasteiger partial charge in [-0.15, -0.1) is 6.58 Å². The molecule has 4 heteroatoms. The average molecular weight is 239 g/mol. The van der Waals surface area contributed by atoms with Crippen molar-refractivity contribution < 1.29 is 4.79 Å². The van der Waals surface area contributed by atoms with Crippen molar-refractivity contribution in [2.45, 2.75) is 19.4 Å². The van der Waals surface area contributed by atoms with E-state index >= 15 is 0 Å². The van der Waals surface area contributed by atoms with Gasteiger partial charge in [0.2, 0.25) is 0 Å². The van der Waals surface area contributed by atoms with E-state index in [9.17, 15) is 4.79 Å². The van der Waals surface area contributed by atoms with E-state index in [1.165, 1.54) is 0 Å². The number of halogens is 1. The molecule has 0 aliphatic carbocycles. The Bertz CT molecular complexity index is 384. The summed E-state index contributed by atoms with van der Waals surface area (Å²) in [6.45, 7) is 5.51. The summed E-state index contributed by atoms with van der Waals surface area (Å²) in [6, 6.07) is 5.02. The fraction of sp³-hybridized carbons (Fsp3) is 0.250. The first-order valence-electron chi connectivity index (χ1n) is 5.02. The lowest BCUT2D eigenvalue weighted by Crippen LogP contribution is -2.32. The molecule has 0 aromatic heterocycles. The van der Waals surface area contributed by atoms with Crippen LogP contribution in [0.3, 0.4) is 0 Å². The molecule has 0 radical (unpaired) electrons. The molecule has 0 saturated heterocycles. The summed E-state index contributed by atoms with van der Waals surface area (Å²) in [4.78, 5) is 11.9. The smallest absolute Gasteiger partial charge is 0.255 e. The maximum atomic E-state index is 11.9. The molecule has 1 amide bonds. The predicted molar refractivity (Wildman–Crippen MR) is 67.6 cm³/mol. The number of carbonyl (C=O) groups is 1. The molecule has 0 fully saturated rings. The maximum Gasteiger partial charge on any atom is 0.255 e. The second-order valence-electron chi connectivity index (χ2n) is 3.60. The van der Waals surface area contributed by atoms with Crippen LogP contribution in [0.2, 0.25) is 5.02 Å². The van der Waals surface area contributed by atoms with Crippen molar-refractivity contribution >= 4 is 23.2 Å². The minimum absolute atomic E-state index is 0.0145. The van der Waals surface area contributed by atoms with Crippen LogP contribution in [0.1, 0.15) is 23.7 Å². The van der Waals surface area contributed by atoms with Gasteiger partial charge in [0.25, 0.3) is 5.91 Å². The average Bonchev–Trinajstić information content (AvgIpc) is 2.17. The van der Waals surface area contributed by atoms with Gasteiger partial charge in [-0.1, -0.05) is 23.7 Å². The molecule has 0 spiro atoms. The van der Waals surface area contributed by atoms with Crippen LogP contribution in [-0.4, -0.2) is 11.9 Å². The second kappa shape index (κ2) is 5.56. The number of carbonyl (C=O) groups excluding carboxylic acids is 1. The van der Waals surface area contributed by atoms with Gasteiger partial charge in [-0.25, -0.2) is 0 Å². The molecule has 0 aliphatic rings. The van der Waals surface area contributed by atoms with E-state index in [-0.39, 0.29) is 11.9 Å². The van der Waals surface area contributed by atoms with E-state index in [0.717, 1.165) is 0 Å². The van der Waals surface area contributed by atoms with Crippen LogP contribution in [0.4, 0.5) is 5.69 Å². The molecule has 86 valence electrons. The molecule has 0 heterocycles. The van der Waals surface area contributed by atoms with Crippen LogP contribution in [0, 0.1) is 0 Å². The van der Waals surface area contributed by atoms with Crippen molar-refractivity contribution in [3.05, 3.63) is 41.4 Å². The SMILES string of the molecule is C=CCC(C)NC(=O)c1c(N)cccc1Cl. The molecule has 1 atom stereocenters.